The number of aryl methyl sites for hydroxylation is 1. The van der Waals surface area contributed by atoms with Crippen molar-refractivity contribution in [1.29, 1.82) is 0 Å². The Morgan fingerprint density at radius 3 is 2.62 bits per heavy atom. The summed E-state index contributed by atoms with van der Waals surface area (Å²) >= 11 is 0. The second-order valence-electron chi connectivity index (χ2n) is 9.18. The number of rotatable bonds is 4. The van der Waals surface area contributed by atoms with Gasteiger partial charge in [-0.2, -0.15) is 5.10 Å². The highest BCUT2D eigenvalue weighted by Crippen LogP contribution is 2.30. The van der Waals surface area contributed by atoms with Gasteiger partial charge in [0.15, 0.2) is 11.5 Å². The van der Waals surface area contributed by atoms with Gasteiger partial charge in [0.05, 0.1) is 17.0 Å². The van der Waals surface area contributed by atoms with Gasteiger partial charge >= 0.3 is 0 Å². The number of carbonyl (C=O) groups excluding carboxylic acids is 1. The van der Waals surface area contributed by atoms with Crippen LogP contribution in [0.2, 0.25) is 0 Å². The maximum Gasteiger partial charge on any atom is 0.259 e. The molecule has 6 rings (SSSR count). The largest absolute Gasteiger partial charge is 0.458 e. The van der Waals surface area contributed by atoms with Crippen LogP contribution in [0, 0.1) is 11.8 Å². The van der Waals surface area contributed by atoms with Crippen molar-refractivity contribution in [3.63, 3.8) is 0 Å². The van der Waals surface area contributed by atoms with E-state index in [4.69, 9.17) is 10.2 Å². The van der Waals surface area contributed by atoms with Gasteiger partial charge < -0.3 is 15.5 Å². The van der Waals surface area contributed by atoms with E-state index in [-0.39, 0.29) is 16.8 Å². The van der Waals surface area contributed by atoms with Crippen molar-refractivity contribution in [1.82, 2.24) is 29.7 Å². The summed E-state index contributed by atoms with van der Waals surface area (Å²) < 4.78 is 9.45. The van der Waals surface area contributed by atoms with Gasteiger partial charge in [-0.1, -0.05) is 42.3 Å². The number of nitrogens with two attached hydrogens (primary N) is 1. The topological polar surface area (TPSA) is 133 Å². The molecule has 1 atom stereocenters. The third-order valence-corrected chi connectivity index (χ3v) is 6.44. The first-order chi connectivity index (χ1) is 19.4. The SMILES string of the molecule is C[C@H](NC(=O)c1c(N)nn2cccnc12)c1oc2cccc(C#Cc3ccn(C)n3)c2c(=O)c1-c1ccccc1. The molecule has 6 aromatic rings. The van der Waals surface area contributed by atoms with Gasteiger partial charge in [0, 0.05) is 31.2 Å². The van der Waals surface area contributed by atoms with Crippen LogP contribution in [0.3, 0.4) is 0 Å². The summed E-state index contributed by atoms with van der Waals surface area (Å²) in [4.78, 5) is 31.7. The number of benzene rings is 2. The summed E-state index contributed by atoms with van der Waals surface area (Å²) in [6.45, 7) is 1.74. The van der Waals surface area contributed by atoms with E-state index in [0.29, 0.717) is 44.8 Å². The molecule has 0 radical (unpaired) electrons. The molecule has 0 fully saturated rings. The maximum absolute atomic E-state index is 14.1. The molecule has 196 valence electrons. The summed E-state index contributed by atoms with van der Waals surface area (Å²) in [6, 6.07) is 17.2. The number of nitrogens with zero attached hydrogens (tertiary/aromatic N) is 5. The Kier molecular flexibility index (Phi) is 6.09. The average Bonchev–Trinajstić information content (AvgIpc) is 3.53. The Hall–Kier alpha value is -5.69. The van der Waals surface area contributed by atoms with Gasteiger partial charge in [0.25, 0.3) is 5.91 Å². The average molecular weight is 530 g/mol. The predicted molar refractivity (Wildman–Crippen MR) is 150 cm³/mol. The summed E-state index contributed by atoms with van der Waals surface area (Å²) in [6.07, 6.45) is 5.01. The predicted octanol–water partition coefficient (Wildman–Crippen LogP) is 3.71. The van der Waals surface area contributed by atoms with Gasteiger partial charge in [-0.15, -0.1) is 5.10 Å². The van der Waals surface area contributed by atoms with Crippen molar-refractivity contribution in [2.24, 2.45) is 7.05 Å². The Bertz CT molecular complexity index is 2030. The fourth-order valence-corrected chi connectivity index (χ4v) is 4.61. The van der Waals surface area contributed by atoms with Crippen molar-refractivity contribution >= 4 is 28.3 Å². The van der Waals surface area contributed by atoms with Crippen LogP contribution in [-0.2, 0) is 7.05 Å². The quantitative estimate of drug-likeness (QED) is 0.333. The molecule has 0 aliphatic carbocycles. The number of hydrogen-bond acceptors (Lipinski definition) is 7. The smallest absolute Gasteiger partial charge is 0.259 e. The van der Waals surface area contributed by atoms with E-state index in [1.807, 2.05) is 37.4 Å². The number of fused-ring (bicyclic) bond motifs is 2. The van der Waals surface area contributed by atoms with Gasteiger partial charge in [-0.3, -0.25) is 14.3 Å². The highest BCUT2D eigenvalue weighted by atomic mass is 16.3. The lowest BCUT2D eigenvalue weighted by Gasteiger charge is -2.18. The molecule has 0 aliphatic heterocycles. The highest BCUT2D eigenvalue weighted by Gasteiger charge is 2.26. The number of anilines is 1. The van der Waals surface area contributed by atoms with Crippen LogP contribution in [0.1, 0.15) is 40.3 Å². The number of nitrogen functional groups attached to an aromatic ring is 1. The lowest BCUT2D eigenvalue weighted by molar-refractivity contribution is 0.0938. The molecule has 0 spiro atoms. The number of amides is 1. The molecular formula is C30H23N7O3. The first kappa shape index (κ1) is 24.6. The Morgan fingerprint density at radius 1 is 1.02 bits per heavy atom. The number of carbonyl (C=O) groups is 1. The Morgan fingerprint density at radius 2 is 1.85 bits per heavy atom. The molecule has 1 amide bonds. The third-order valence-electron chi connectivity index (χ3n) is 6.44. The zero-order valence-corrected chi connectivity index (χ0v) is 21.6. The molecule has 0 aliphatic rings. The van der Waals surface area contributed by atoms with Crippen LogP contribution in [-0.4, -0.2) is 30.3 Å². The molecule has 10 nitrogen and oxygen atoms in total. The van der Waals surface area contributed by atoms with Crippen molar-refractivity contribution in [3.8, 4) is 23.0 Å². The number of hydrogen-bond donors (Lipinski definition) is 2. The molecule has 40 heavy (non-hydrogen) atoms. The fraction of sp³-hybridized carbons (Fsp3) is 0.100. The van der Waals surface area contributed by atoms with Gasteiger partial charge in [0.1, 0.15) is 22.6 Å². The summed E-state index contributed by atoms with van der Waals surface area (Å²) in [5.41, 5.74) is 8.70. The zero-order chi connectivity index (χ0) is 27.8. The summed E-state index contributed by atoms with van der Waals surface area (Å²) in [5.74, 6) is 5.94. The monoisotopic (exact) mass is 529 g/mol. The fourth-order valence-electron chi connectivity index (χ4n) is 4.61. The molecule has 0 bridgehead atoms. The summed E-state index contributed by atoms with van der Waals surface area (Å²) in [7, 11) is 1.81. The van der Waals surface area contributed by atoms with Crippen molar-refractivity contribution in [2.45, 2.75) is 13.0 Å². The van der Waals surface area contributed by atoms with E-state index >= 15 is 0 Å². The molecule has 0 saturated carbocycles. The van der Waals surface area contributed by atoms with E-state index in [9.17, 15) is 9.59 Å². The molecule has 4 aromatic heterocycles. The number of aromatic nitrogens is 5. The lowest BCUT2D eigenvalue weighted by Crippen LogP contribution is -2.28. The minimum absolute atomic E-state index is 0.0442. The van der Waals surface area contributed by atoms with E-state index in [1.165, 1.54) is 4.52 Å². The maximum atomic E-state index is 14.1. The summed E-state index contributed by atoms with van der Waals surface area (Å²) in [5, 5.41) is 11.7. The van der Waals surface area contributed by atoms with Crippen LogP contribution < -0.4 is 16.5 Å². The van der Waals surface area contributed by atoms with Crippen molar-refractivity contribution < 1.29 is 9.21 Å². The standard InChI is InChI=1S/C30H23N7O3/c1-18(33-30(39)25-28(31)35-37-16-7-15-32-29(25)37)27-24(19-8-4-3-5-9-19)26(38)23-20(10-6-11-22(23)40-27)12-13-21-14-17-36(2)34-21/h3-11,14-18H,1-2H3,(H2,31,35)(H,33,39)/t18-/m0/s1. The second-order valence-corrected chi connectivity index (χ2v) is 9.18. The van der Waals surface area contributed by atoms with E-state index in [1.54, 1.807) is 60.5 Å². The van der Waals surface area contributed by atoms with Gasteiger partial charge in [-0.25, -0.2) is 9.50 Å². The van der Waals surface area contributed by atoms with Gasteiger partial charge in [0.2, 0.25) is 5.43 Å². The van der Waals surface area contributed by atoms with E-state index in [2.05, 4.69) is 32.3 Å². The number of nitrogens with one attached hydrogen (secondary N) is 1. The van der Waals surface area contributed by atoms with Crippen LogP contribution >= 0.6 is 0 Å². The molecule has 10 heteroatoms. The molecule has 4 heterocycles. The van der Waals surface area contributed by atoms with Crippen LogP contribution in [0.4, 0.5) is 5.82 Å². The van der Waals surface area contributed by atoms with Gasteiger partial charge in [-0.05, 0) is 42.7 Å². The molecule has 0 saturated heterocycles. The zero-order valence-electron chi connectivity index (χ0n) is 21.6. The molecular weight excluding hydrogens is 506 g/mol. The Balaban J connectivity index is 1.48. The van der Waals surface area contributed by atoms with Crippen molar-refractivity contribution in [2.75, 3.05) is 5.73 Å². The van der Waals surface area contributed by atoms with E-state index < -0.39 is 11.9 Å². The van der Waals surface area contributed by atoms with Crippen LogP contribution in [0.15, 0.2) is 88.5 Å². The lowest BCUT2D eigenvalue weighted by atomic mass is 9.97. The minimum atomic E-state index is -0.707. The highest BCUT2D eigenvalue weighted by molar-refractivity contribution is 6.04. The van der Waals surface area contributed by atoms with Crippen LogP contribution in [0.5, 0.6) is 0 Å². The second kappa shape index (κ2) is 9.89. The van der Waals surface area contributed by atoms with Crippen molar-refractivity contribution in [3.05, 3.63) is 112 Å². The molecule has 2 aromatic carbocycles. The molecule has 0 unspecified atom stereocenters. The molecule has 3 N–H and O–H groups in total. The van der Waals surface area contributed by atoms with E-state index in [0.717, 1.165) is 0 Å². The normalized spacial score (nSPS) is 11.8. The van der Waals surface area contributed by atoms with Crippen LogP contribution in [0.25, 0.3) is 27.7 Å². The third kappa shape index (κ3) is 4.35. The minimum Gasteiger partial charge on any atom is -0.458 e. The Labute approximate surface area is 228 Å². The first-order valence-corrected chi connectivity index (χ1v) is 12.5. The first-order valence-electron chi connectivity index (χ1n) is 12.5.